The molecule has 1 aliphatic rings. The Morgan fingerprint density at radius 3 is 2.10 bits per heavy atom. The van der Waals surface area contributed by atoms with Crippen molar-refractivity contribution in [3.8, 4) is 22.6 Å². The van der Waals surface area contributed by atoms with Gasteiger partial charge in [-0.2, -0.15) is 0 Å². The third kappa shape index (κ3) is 2.80. The molecular weight excluding hydrogens is 362 g/mol. The maximum Gasteiger partial charge on any atom is 0.257 e. The van der Waals surface area contributed by atoms with Gasteiger partial charge in [0, 0.05) is 24.2 Å². The van der Waals surface area contributed by atoms with Crippen LogP contribution >= 0.6 is 0 Å². The molecule has 0 radical (unpaired) electrons. The third-order valence-corrected chi connectivity index (χ3v) is 5.80. The number of likely N-dealkylation sites (tertiary alicyclic amines) is 1. The molecule has 0 saturated carbocycles. The van der Waals surface area contributed by atoms with E-state index in [9.17, 15) is 15.0 Å². The summed E-state index contributed by atoms with van der Waals surface area (Å²) in [5.41, 5.74) is 1.33. The Morgan fingerprint density at radius 2 is 1.38 bits per heavy atom. The minimum Gasteiger partial charge on any atom is -0.507 e. The van der Waals surface area contributed by atoms with Crippen LogP contribution in [0.3, 0.4) is 0 Å². The SMILES string of the molecule is O=C(c1cc2ccccc2c(-c2c(O)ccc3ccccc23)c1O)N1CCCC1. The van der Waals surface area contributed by atoms with Gasteiger partial charge in [0.25, 0.3) is 5.91 Å². The van der Waals surface area contributed by atoms with Crippen molar-refractivity contribution in [3.05, 3.63) is 72.3 Å². The lowest BCUT2D eigenvalue weighted by atomic mass is 9.90. The zero-order chi connectivity index (χ0) is 20.0. The summed E-state index contributed by atoms with van der Waals surface area (Å²) in [5, 5.41) is 25.5. The molecule has 4 heteroatoms. The summed E-state index contributed by atoms with van der Waals surface area (Å²) in [4.78, 5) is 14.9. The molecule has 0 atom stereocenters. The topological polar surface area (TPSA) is 60.8 Å². The average Bonchev–Trinajstić information content (AvgIpc) is 3.29. The maximum absolute atomic E-state index is 13.1. The number of rotatable bonds is 2. The molecule has 1 heterocycles. The van der Waals surface area contributed by atoms with E-state index in [1.165, 1.54) is 0 Å². The smallest absolute Gasteiger partial charge is 0.257 e. The fourth-order valence-electron chi connectivity index (χ4n) is 4.37. The number of fused-ring (bicyclic) bond motifs is 2. The molecule has 0 aromatic heterocycles. The summed E-state index contributed by atoms with van der Waals surface area (Å²) in [6.45, 7) is 1.42. The molecule has 2 N–H and O–H groups in total. The highest BCUT2D eigenvalue weighted by Gasteiger charge is 2.26. The molecule has 0 unspecified atom stereocenters. The summed E-state index contributed by atoms with van der Waals surface area (Å²) < 4.78 is 0. The van der Waals surface area contributed by atoms with Gasteiger partial charge in [0.2, 0.25) is 0 Å². The number of hydrogen-bond acceptors (Lipinski definition) is 3. The van der Waals surface area contributed by atoms with Crippen LogP contribution in [0.2, 0.25) is 0 Å². The van der Waals surface area contributed by atoms with Gasteiger partial charge < -0.3 is 15.1 Å². The van der Waals surface area contributed by atoms with Crippen molar-refractivity contribution >= 4 is 27.5 Å². The van der Waals surface area contributed by atoms with Crippen LogP contribution in [0.25, 0.3) is 32.7 Å². The van der Waals surface area contributed by atoms with Gasteiger partial charge in [-0.05, 0) is 46.5 Å². The van der Waals surface area contributed by atoms with Gasteiger partial charge in [0.15, 0.2) is 0 Å². The Hall–Kier alpha value is -3.53. The Labute approximate surface area is 168 Å². The lowest BCUT2D eigenvalue weighted by Crippen LogP contribution is -2.27. The Bertz CT molecular complexity index is 1260. The fourth-order valence-corrected chi connectivity index (χ4v) is 4.37. The van der Waals surface area contributed by atoms with E-state index in [1.54, 1.807) is 17.0 Å². The predicted octanol–water partition coefficient (Wildman–Crippen LogP) is 5.31. The van der Waals surface area contributed by atoms with Gasteiger partial charge in [0.05, 0.1) is 5.56 Å². The van der Waals surface area contributed by atoms with Crippen LogP contribution in [0, 0.1) is 0 Å². The molecule has 0 bridgehead atoms. The molecule has 4 aromatic carbocycles. The van der Waals surface area contributed by atoms with E-state index < -0.39 is 0 Å². The van der Waals surface area contributed by atoms with Gasteiger partial charge >= 0.3 is 0 Å². The van der Waals surface area contributed by atoms with E-state index in [2.05, 4.69) is 0 Å². The molecule has 5 rings (SSSR count). The average molecular weight is 383 g/mol. The first kappa shape index (κ1) is 17.6. The van der Waals surface area contributed by atoms with E-state index in [4.69, 9.17) is 0 Å². The number of phenolic OH excluding ortho intramolecular Hbond substituents is 2. The lowest BCUT2D eigenvalue weighted by molar-refractivity contribution is 0.0790. The number of amides is 1. The summed E-state index contributed by atoms with van der Waals surface area (Å²) in [7, 11) is 0. The Balaban J connectivity index is 1.86. The lowest BCUT2D eigenvalue weighted by Gasteiger charge is -2.20. The molecule has 1 amide bonds. The first-order chi connectivity index (χ1) is 14.1. The van der Waals surface area contributed by atoms with Crippen LogP contribution in [0.15, 0.2) is 66.7 Å². The Morgan fingerprint density at radius 1 is 0.759 bits per heavy atom. The Kier molecular flexibility index (Phi) is 4.13. The first-order valence-electron chi connectivity index (χ1n) is 9.90. The van der Waals surface area contributed by atoms with Crippen LogP contribution in [-0.2, 0) is 0 Å². The van der Waals surface area contributed by atoms with Crippen molar-refractivity contribution in [2.45, 2.75) is 12.8 Å². The number of nitrogens with zero attached hydrogens (tertiary/aromatic N) is 1. The second kappa shape index (κ2) is 6.82. The number of aromatic hydroxyl groups is 2. The monoisotopic (exact) mass is 383 g/mol. The fraction of sp³-hybridized carbons (Fsp3) is 0.160. The van der Waals surface area contributed by atoms with Gasteiger partial charge in [-0.1, -0.05) is 54.6 Å². The van der Waals surface area contributed by atoms with Crippen LogP contribution in [0.4, 0.5) is 0 Å². The first-order valence-corrected chi connectivity index (χ1v) is 9.90. The largest absolute Gasteiger partial charge is 0.507 e. The highest BCUT2D eigenvalue weighted by molar-refractivity contribution is 6.13. The van der Waals surface area contributed by atoms with Crippen molar-refractivity contribution in [1.29, 1.82) is 0 Å². The number of carbonyl (C=O) groups is 1. The zero-order valence-corrected chi connectivity index (χ0v) is 15.9. The maximum atomic E-state index is 13.1. The molecule has 4 nitrogen and oxygen atoms in total. The predicted molar refractivity (Wildman–Crippen MR) is 115 cm³/mol. The second-order valence-electron chi connectivity index (χ2n) is 7.55. The number of phenols is 2. The normalized spacial score (nSPS) is 14.0. The minimum absolute atomic E-state index is 0.0766. The van der Waals surface area contributed by atoms with E-state index in [0.717, 1.165) is 34.4 Å². The van der Waals surface area contributed by atoms with Gasteiger partial charge in [0.1, 0.15) is 11.5 Å². The van der Waals surface area contributed by atoms with Crippen molar-refractivity contribution in [3.63, 3.8) is 0 Å². The van der Waals surface area contributed by atoms with Crippen molar-refractivity contribution in [2.75, 3.05) is 13.1 Å². The van der Waals surface area contributed by atoms with E-state index in [1.807, 2.05) is 54.6 Å². The molecule has 29 heavy (non-hydrogen) atoms. The van der Waals surface area contributed by atoms with Crippen molar-refractivity contribution in [2.24, 2.45) is 0 Å². The molecule has 144 valence electrons. The standard InChI is InChI=1S/C25H21NO3/c27-21-12-11-16-7-1-3-9-18(16)22(21)23-19-10-4-2-8-17(19)15-20(24(23)28)25(29)26-13-5-6-14-26/h1-4,7-12,15,27-28H,5-6,13-14H2. The van der Waals surface area contributed by atoms with Gasteiger partial charge in [-0.25, -0.2) is 0 Å². The molecule has 0 aliphatic carbocycles. The third-order valence-electron chi connectivity index (χ3n) is 5.80. The van der Waals surface area contributed by atoms with E-state index in [-0.39, 0.29) is 23.0 Å². The van der Waals surface area contributed by atoms with Crippen molar-refractivity contribution in [1.82, 2.24) is 4.90 Å². The van der Waals surface area contributed by atoms with Crippen LogP contribution in [0.1, 0.15) is 23.2 Å². The summed E-state index contributed by atoms with van der Waals surface area (Å²) in [6.07, 6.45) is 1.97. The molecule has 1 fully saturated rings. The van der Waals surface area contributed by atoms with E-state index in [0.29, 0.717) is 24.2 Å². The number of hydrogen-bond donors (Lipinski definition) is 2. The quantitative estimate of drug-likeness (QED) is 0.493. The molecule has 1 aliphatic heterocycles. The van der Waals surface area contributed by atoms with Crippen LogP contribution in [0.5, 0.6) is 11.5 Å². The molecule has 0 spiro atoms. The highest BCUT2D eigenvalue weighted by Crippen LogP contribution is 2.46. The summed E-state index contributed by atoms with van der Waals surface area (Å²) in [5.74, 6) is -0.158. The van der Waals surface area contributed by atoms with E-state index >= 15 is 0 Å². The number of carbonyl (C=O) groups excluding carboxylic acids is 1. The van der Waals surface area contributed by atoms with Crippen molar-refractivity contribution < 1.29 is 15.0 Å². The highest BCUT2D eigenvalue weighted by atomic mass is 16.3. The zero-order valence-electron chi connectivity index (χ0n) is 15.9. The summed E-state index contributed by atoms with van der Waals surface area (Å²) in [6, 6.07) is 20.6. The van der Waals surface area contributed by atoms with Gasteiger partial charge in [-0.15, -0.1) is 0 Å². The second-order valence-corrected chi connectivity index (χ2v) is 7.55. The van der Waals surface area contributed by atoms with Crippen LogP contribution < -0.4 is 0 Å². The van der Waals surface area contributed by atoms with Gasteiger partial charge in [-0.3, -0.25) is 4.79 Å². The summed E-state index contributed by atoms with van der Waals surface area (Å²) >= 11 is 0. The molecule has 1 saturated heterocycles. The molecular formula is C25H21NO3. The number of benzene rings is 4. The minimum atomic E-state index is -0.160. The molecule has 4 aromatic rings. The van der Waals surface area contributed by atoms with Crippen LogP contribution in [-0.4, -0.2) is 34.1 Å².